The predicted molar refractivity (Wildman–Crippen MR) is 171 cm³/mol. The molecule has 4 amide bonds. The van der Waals surface area contributed by atoms with Gasteiger partial charge in [-0.1, -0.05) is 101 Å². The van der Waals surface area contributed by atoms with Gasteiger partial charge in [0, 0.05) is 19.4 Å². The number of amides is 4. The maximum Gasteiger partial charge on any atom is 0.326 e. The highest BCUT2D eigenvalue weighted by molar-refractivity contribution is 5.95. The molecule has 0 radical (unpaired) electrons. The molecule has 1 aliphatic rings. The first kappa shape index (κ1) is 36.8. The summed E-state index contributed by atoms with van der Waals surface area (Å²) < 4.78 is 0. The number of aliphatic carboxylic acids is 1. The smallest absolute Gasteiger partial charge is 0.326 e. The highest BCUT2D eigenvalue weighted by atomic mass is 16.4. The van der Waals surface area contributed by atoms with E-state index in [1.54, 1.807) is 38.1 Å². The number of hydrogen-bond donors (Lipinski definition) is 4. The van der Waals surface area contributed by atoms with Crippen LogP contribution in [-0.2, 0) is 30.4 Å². The van der Waals surface area contributed by atoms with Gasteiger partial charge in [0.1, 0.15) is 24.2 Å². The van der Waals surface area contributed by atoms with Crippen molar-refractivity contribution in [1.29, 1.82) is 0 Å². The lowest BCUT2D eigenvalue weighted by molar-refractivity contribution is -0.144. The molecule has 1 aromatic carbocycles. The van der Waals surface area contributed by atoms with Crippen molar-refractivity contribution in [3.63, 3.8) is 0 Å². The molecule has 0 bridgehead atoms. The molecule has 10 heteroatoms. The Bertz CT molecular complexity index is 1050. The predicted octanol–water partition coefficient (Wildman–Crippen LogP) is 4.50. The Morgan fingerprint density at radius 2 is 1.41 bits per heavy atom. The van der Waals surface area contributed by atoms with E-state index < -0.39 is 47.9 Å². The number of likely N-dealkylation sites (tertiary alicyclic amines) is 1. The number of nitrogens with one attached hydrogen (secondary N) is 3. The molecule has 0 aliphatic carbocycles. The van der Waals surface area contributed by atoms with Gasteiger partial charge in [-0.25, -0.2) is 4.79 Å². The van der Waals surface area contributed by atoms with Crippen LogP contribution in [-0.4, -0.2) is 70.3 Å². The van der Waals surface area contributed by atoms with E-state index >= 15 is 0 Å². The van der Waals surface area contributed by atoms with Gasteiger partial charge in [0.2, 0.25) is 23.6 Å². The maximum atomic E-state index is 13.2. The molecule has 246 valence electrons. The molecule has 0 unspecified atom stereocenters. The van der Waals surface area contributed by atoms with Crippen molar-refractivity contribution in [2.75, 3.05) is 6.54 Å². The van der Waals surface area contributed by atoms with E-state index in [2.05, 4.69) is 22.9 Å². The first-order valence-electron chi connectivity index (χ1n) is 16.6. The molecule has 1 aliphatic heterocycles. The van der Waals surface area contributed by atoms with Gasteiger partial charge in [0.25, 0.3) is 0 Å². The zero-order valence-corrected chi connectivity index (χ0v) is 26.9. The van der Waals surface area contributed by atoms with Gasteiger partial charge in [-0.2, -0.15) is 0 Å². The monoisotopic (exact) mass is 614 g/mol. The minimum atomic E-state index is -1.15. The average molecular weight is 615 g/mol. The van der Waals surface area contributed by atoms with E-state index in [0.29, 0.717) is 25.8 Å². The second kappa shape index (κ2) is 20.5. The van der Waals surface area contributed by atoms with Crippen molar-refractivity contribution in [2.45, 2.75) is 141 Å². The Hall–Kier alpha value is -3.43. The number of carbonyl (C=O) groups is 5. The molecule has 0 saturated carbocycles. The lowest BCUT2D eigenvalue weighted by atomic mass is 10.1. The van der Waals surface area contributed by atoms with Gasteiger partial charge >= 0.3 is 5.97 Å². The van der Waals surface area contributed by atoms with Crippen LogP contribution in [0.2, 0.25) is 0 Å². The van der Waals surface area contributed by atoms with Gasteiger partial charge < -0.3 is 26.0 Å². The summed E-state index contributed by atoms with van der Waals surface area (Å²) in [5, 5.41) is 17.6. The summed E-state index contributed by atoms with van der Waals surface area (Å²) in [6.45, 7) is 5.68. The first-order valence-corrected chi connectivity index (χ1v) is 16.6. The highest BCUT2D eigenvalue weighted by Crippen LogP contribution is 2.19. The second-order valence-corrected chi connectivity index (χ2v) is 12.1. The number of carboxylic acid groups (broad SMARTS) is 1. The lowest BCUT2D eigenvalue weighted by Gasteiger charge is -2.28. The van der Waals surface area contributed by atoms with Gasteiger partial charge in [-0.3, -0.25) is 19.2 Å². The van der Waals surface area contributed by atoms with E-state index in [1.165, 1.54) is 56.3 Å². The minimum absolute atomic E-state index is 0.123. The number of nitrogens with zero attached hydrogens (tertiary/aromatic N) is 1. The molecule has 4 atom stereocenters. The summed E-state index contributed by atoms with van der Waals surface area (Å²) in [4.78, 5) is 64.6. The fourth-order valence-corrected chi connectivity index (χ4v) is 5.60. The van der Waals surface area contributed by atoms with Crippen LogP contribution in [0.5, 0.6) is 0 Å². The molecule has 1 aromatic rings. The van der Waals surface area contributed by atoms with Gasteiger partial charge in [-0.15, -0.1) is 0 Å². The number of unbranched alkanes of at least 4 members (excludes halogenated alkanes) is 10. The summed E-state index contributed by atoms with van der Waals surface area (Å²) in [7, 11) is 0. The van der Waals surface area contributed by atoms with Crippen LogP contribution >= 0.6 is 0 Å². The number of benzene rings is 1. The number of carboxylic acids is 1. The van der Waals surface area contributed by atoms with E-state index in [0.717, 1.165) is 24.8 Å². The lowest BCUT2D eigenvalue weighted by Crippen LogP contribution is -2.56. The maximum absolute atomic E-state index is 13.2. The molecule has 44 heavy (non-hydrogen) atoms. The molecular formula is C34H54N4O6. The Labute approximate surface area is 263 Å². The molecule has 1 heterocycles. The third-order valence-electron chi connectivity index (χ3n) is 8.24. The number of hydrogen-bond acceptors (Lipinski definition) is 5. The van der Waals surface area contributed by atoms with Crippen LogP contribution in [0.3, 0.4) is 0 Å². The second-order valence-electron chi connectivity index (χ2n) is 12.1. The zero-order chi connectivity index (χ0) is 32.3. The summed E-state index contributed by atoms with van der Waals surface area (Å²) in [5.74, 6) is -2.78. The van der Waals surface area contributed by atoms with Crippen molar-refractivity contribution < 1.29 is 29.1 Å². The first-order chi connectivity index (χ1) is 21.1. The van der Waals surface area contributed by atoms with Crippen molar-refractivity contribution in [3.8, 4) is 0 Å². The van der Waals surface area contributed by atoms with E-state index in [4.69, 9.17) is 0 Å². The Balaban J connectivity index is 1.71. The topological polar surface area (TPSA) is 145 Å². The summed E-state index contributed by atoms with van der Waals surface area (Å²) >= 11 is 0. The van der Waals surface area contributed by atoms with E-state index in [9.17, 15) is 29.1 Å². The average Bonchev–Trinajstić information content (AvgIpc) is 3.49. The van der Waals surface area contributed by atoms with Crippen LogP contribution < -0.4 is 16.0 Å². The molecule has 4 N–H and O–H groups in total. The Kier molecular flexibility index (Phi) is 17.1. The molecular weight excluding hydrogens is 560 g/mol. The van der Waals surface area contributed by atoms with Crippen molar-refractivity contribution in [3.05, 3.63) is 35.9 Å². The van der Waals surface area contributed by atoms with Crippen molar-refractivity contribution >= 4 is 29.6 Å². The van der Waals surface area contributed by atoms with Crippen LogP contribution in [0.4, 0.5) is 0 Å². The Morgan fingerprint density at radius 1 is 0.818 bits per heavy atom. The van der Waals surface area contributed by atoms with E-state index in [1.807, 2.05) is 6.07 Å². The third kappa shape index (κ3) is 13.5. The third-order valence-corrected chi connectivity index (χ3v) is 8.24. The van der Waals surface area contributed by atoms with Gasteiger partial charge in [0.05, 0.1) is 0 Å². The molecule has 1 saturated heterocycles. The Morgan fingerprint density at radius 3 is 2.00 bits per heavy atom. The van der Waals surface area contributed by atoms with Crippen molar-refractivity contribution in [1.82, 2.24) is 20.9 Å². The van der Waals surface area contributed by atoms with Crippen LogP contribution in [0.25, 0.3) is 0 Å². The van der Waals surface area contributed by atoms with Crippen molar-refractivity contribution in [2.24, 2.45) is 0 Å². The molecule has 2 rings (SSSR count). The highest BCUT2D eigenvalue weighted by Gasteiger charge is 2.38. The molecule has 1 fully saturated rings. The standard InChI is InChI=1S/C34H54N4O6/c1-4-5-6-7-8-9-10-11-12-13-17-22-30(39)35-25(2)31(40)36-26(3)33(42)38-23-18-21-29(38)32(41)37-28(34(43)44)24-27-19-15-14-16-20-27/h14-16,19-20,25-26,28-29H,4-13,17-18,21-24H2,1-3H3,(H,35,39)(H,36,40)(H,37,41)(H,43,44)/t25-,26-,28-,29-/m1/s1. The molecule has 0 spiro atoms. The minimum Gasteiger partial charge on any atom is -0.480 e. The zero-order valence-electron chi connectivity index (χ0n) is 26.9. The van der Waals surface area contributed by atoms with Gasteiger partial charge in [-0.05, 0) is 38.7 Å². The quantitative estimate of drug-likeness (QED) is 0.150. The summed E-state index contributed by atoms with van der Waals surface area (Å²) in [5.41, 5.74) is 0.774. The summed E-state index contributed by atoms with van der Waals surface area (Å²) in [6, 6.07) is 5.34. The number of carbonyl (C=O) groups excluding carboxylic acids is 4. The van der Waals surface area contributed by atoms with Crippen LogP contribution in [0.1, 0.15) is 116 Å². The largest absolute Gasteiger partial charge is 0.480 e. The summed E-state index contributed by atoms with van der Waals surface area (Å²) in [6.07, 6.45) is 14.6. The molecule has 0 aromatic heterocycles. The van der Waals surface area contributed by atoms with E-state index in [-0.39, 0.29) is 12.3 Å². The molecule has 10 nitrogen and oxygen atoms in total. The van der Waals surface area contributed by atoms with Crippen LogP contribution in [0.15, 0.2) is 30.3 Å². The SMILES string of the molecule is CCCCCCCCCCCCCC(=O)N[C@H](C)C(=O)N[C@H](C)C(=O)N1CCC[C@@H]1C(=O)N[C@H](Cc1ccccc1)C(=O)O. The normalized spacial score (nSPS) is 16.5. The van der Waals surface area contributed by atoms with Gasteiger partial charge in [0.15, 0.2) is 0 Å². The fraction of sp³-hybridized carbons (Fsp3) is 0.676. The number of rotatable bonds is 21. The van der Waals surface area contributed by atoms with Crippen LogP contribution in [0, 0.1) is 0 Å². The fourth-order valence-electron chi connectivity index (χ4n) is 5.60.